The van der Waals surface area contributed by atoms with Crippen molar-refractivity contribution in [3.63, 3.8) is 0 Å². The monoisotopic (exact) mass is 454 g/mol. The molecule has 1 heterocycles. The summed E-state index contributed by atoms with van der Waals surface area (Å²) in [6, 6.07) is 14.1. The van der Waals surface area contributed by atoms with Crippen molar-refractivity contribution in [3.05, 3.63) is 71.8 Å². The van der Waals surface area contributed by atoms with Crippen molar-refractivity contribution in [2.24, 2.45) is 0 Å². The van der Waals surface area contributed by atoms with E-state index < -0.39 is 17.7 Å². The number of hydrogen-bond acceptors (Lipinski definition) is 6. The highest BCUT2D eigenvalue weighted by Gasteiger charge is 2.42. The first kappa shape index (κ1) is 24.0. The smallest absolute Gasteiger partial charge is 0.328 e. The van der Waals surface area contributed by atoms with Crippen LogP contribution in [0.15, 0.2) is 60.7 Å². The van der Waals surface area contributed by atoms with Gasteiger partial charge in [0.15, 0.2) is 5.79 Å². The molecule has 2 aromatic rings. The predicted molar refractivity (Wildman–Crippen MR) is 121 cm³/mol. The number of benzene rings is 2. The molecule has 33 heavy (non-hydrogen) atoms. The van der Waals surface area contributed by atoms with Gasteiger partial charge in [0, 0.05) is 12.2 Å². The van der Waals surface area contributed by atoms with E-state index in [0.29, 0.717) is 11.5 Å². The van der Waals surface area contributed by atoms with Crippen molar-refractivity contribution in [1.82, 2.24) is 0 Å². The van der Waals surface area contributed by atoms with Crippen LogP contribution < -0.4 is 9.47 Å². The van der Waals surface area contributed by atoms with Crippen LogP contribution in [0.5, 0.6) is 11.5 Å². The Morgan fingerprint density at radius 3 is 1.48 bits per heavy atom. The largest absolute Gasteiger partial charge is 0.491 e. The number of aliphatic carboxylic acids is 2. The molecule has 0 amide bonds. The van der Waals surface area contributed by atoms with Crippen LogP contribution in [0.3, 0.4) is 0 Å². The van der Waals surface area contributed by atoms with Gasteiger partial charge in [-0.15, -0.1) is 0 Å². The second kappa shape index (κ2) is 10.8. The number of ether oxygens (including phenoxy) is 4. The maximum atomic E-state index is 10.6. The van der Waals surface area contributed by atoms with Gasteiger partial charge in [-0.1, -0.05) is 24.3 Å². The second-order valence-electron chi connectivity index (χ2n) is 7.82. The molecule has 0 radical (unpaired) electrons. The lowest BCUT2D eigenvalue weighted by molar-refractivity contribution is -0.150. The van der Waals surface area contributed by atoms with E-state index in [1.165, 1.54) is 12.2 Å². The number of rotatable bonds is 10. The van der Waals surface area contributed by atoms with E-state index in [1.807, 2.05) is 13.8 Å². The van der Waals surface area contributed by atoms with Crippen LogP contribution in [-0.4, -0.2) is 53.4 Å². The number of carboxylic acids is 2. The summed E-state index contributed by atoms with van der Waals surface area (Å²) in [6.45, 7) is 4.15. The molecule has 1 saturated heterocycles. The van der Waals surface area contributed by atoms with E-state index >= 15 is 0 Å². The van der Waals surface area contributed by atoms with Gasteiger partial charge in [0.25, 0.3) is 0 Å². The molecule has 1 fully saturated rings. The highest BCUT2D eigenvalue weighted by molar-refractivity contribution is 5.85. The zero-order valence-electron chi connectivity index (χ0n) is 18.3. The van der Waals surface area contributed by atoms with Gasteiger partial charge in [-0.2, -0.15) is 0 Å². The van der Waals surface area contributed by atoms with E-state index in [9.17, 15) is 9.59 Å². The van der Waals surface area contributed by atoms with Gasteiger partial charge in [0.05, 0.1) is 0 Å². The molecule has 2 N–H and O–H groups in total. The molecular formula is C25H26O8. The third-order valence-electron chi connectivity index (χ3n) is 4.71. The molecule has 0 spiro atoms. The standard InChI is InChI=1S/C25H26O8/c1-25(2)32-21(15-30-19-9-3-17(4-10-19)7-13-23(26)27)22(33-25)16-31-20-11-5-18(6-12-20)8-14-24(28)29/h3-14,21-22H,15-16H2,1-2H3,(H,26,27)(H,28,29)/b13-7+,14-8+/t21-,22-/m0/s1. The molecule has 1 aliphatic heterocycles. The molecule has 174 valence electrons. The highest BCUT2D eigenvalue weighted by Crippen LogP contribution is 2.29. The van der Waals surface area contributed by atoms with Crippen LogP contribution in [0.25, 0.3) is 12.2 Å². The molecule has 0 unspecified atom stereocenters. The van der Waals surface area contributed by atoms with Crippen LogP contribution in [0, 0.1) is 0 Å². The zero-order valence-corrected chi connectivity index (χ0v) is 18.3. The van der Waals surface area contributed by atoms with Crippen molar-refractivity contribution >= 4 is 24.1 Å². The molecule has 0 saturated carbocycles. The first-order chi connectivity index (χ1) is 15.7. The summed E-state index contributed by atoms with van der Waals surface area (Å²) in [4.78, 5) is 21.2. The van der Waals surface area contributed by atoms with E-state index in [2.05, 4.69) is 0 Å². The Bertz CT molecular complexity index is 924. The molecule has 0 aromatic heterocycles. The predicted octanol–water partition coefficient (Wildman–Crippen LogP) is 3.86. The minimum atomic E-state index is -1.00. The average Bonchev–Trinajstić information content (AvgIpc) is 3.08. The van der Waals surface area contributed by atoms with Crippen molar-refractivity contribution in [2.75, 3.05) is 13.2 Å². The third kappa shape index (κ3) is 7.78. The Labute approximate surface area is 191 Å². The van der Waals surface area contributed by atoms with Crippen molar-refractivity contribution in [2.45, 2.75) is 31.8 Å². The Kier molecular flexibility index (Phi) is 7.87. The topological polar surface area (TPSA) is 112 Å². The summed E-state index contributed by atoms with van der Waals surface area (Å²) in [5, 5.41) is 17.4. The van der Waals surface area contributed by atoms with Crippen LogP contribution in [0.1, 0.15) is 25.0 Å². The van der Waals surface area contributed by atoms with E-state index in [-0.39, 0.29) is 25.4 Å². The van der Waals surface area contributed by atoms with Gasteiger partial charge in [-0.05, 0) is 61.4 Å². The van der Waals surface area contributed by atoms with Crippen molar-refractivity contribution in [3.8, 4) is 11.5 Å². The van der Waals surface area contributed by atoms with Gasteiger partial charge in [-0.25, -0.2) is 9.59 Å². The molecule has 2 atom stereocenters. The Hall–Kier alpha value is -3.62. The minimum absolute atomic E-state index is 0.251. The van der Waals surface area contributed by atoms with Gasteiger partial charge in [0.2, 0.25) is 0 Å². The Morgan fingerprint density at radius 2 is 1.15 bits per heavy atom. The molecule has 2 aromatic carbocycles. The van der Waals surface area contributed by atoms with Gasteiger partial charge in [-0.3, -0.25) is 0 Å². The molecule has 0 aliphatic carbocycles. The number of carboxylic acid groups (broad SMARTS) is 2. The van der Waals surface area contributed by atoms with Crippen molar-refractivity contribution in [1.29, 1.82) is 0 Å². The van der Waals surface area contributed by atoms with E-state index in [0.717, 1.165) is 23.3 Å². The van der Waals surface area contributed by atoms with Crippen LogP contribution in [0.2, 0.25) is 0 Å². The minimum Gasteiger partial charge on any atom is -0.491 e. The molecule has 0 bridgehead atoms. The summed E-state index contributed by atoms with van der Waals surface area (Å²) in [5.41, 5.74) is 1.50. The Balaban J connectivity index is 1.54. The first-order valence-electron chi connectivity index (χ1n) is 10.3. The van der Waals surface area contributed by atoms with E-state index in [1.54, 1.807) is 48.5 Å². The maximum absolute atomic E-state index is 10.6. The number of hydrogen-bond donors (Lipinski definition) is 2. The van der Waals surface area contributed by atoms with Crippen molar-refractivity contribution < 1.29 is 38.7 Å². The molecule has 1 aliphatic rings. The molecular weight excluding hydrogens is 428 g/mol. The van der Waals surface area contributed by atoms with Crippen LogP contribution >= 0.6 is 0 Å². The molecule has 3 rings (SSSR count). The Morgan fingerprint density at radius 1 is 0.788 bits per heavy atom. The van der Waals surface area contributed by atoms with Gasteiger partial charge < -0.3 is 29.2 Å². The van der Waals surface area contributed by atoms with Gasteiger partial charge >= 0.3 is 11.9 Å². The fourth-order valence-corrected chi connectivity index (χ4v) is 3.23. The summed E-state index contributed by atoms with van der Waals surface area (Å²) >= 11 is 0. The summed E-state index contributed by atoms with van der Waals surface area (Å²) < 4.78 is 23.6. The lowest BCUT2D eigenvalue weighted by Gasteiger charge is -2.18. The fraction of sp³-hybridized carbons (Fsp3) is 0.280. The van der Waals surface area contributed by atoms with Crippen LogP contribution in [0.4, 0.5) is 0 Å². The first-order valence-corrected chi connectivity index (χ1v) is 10.3. The molecule has 8 heteroatoms. The fourth-order valence-electron chi connectivity index (χ4n) is 3.23. The SMILES string of the molecule is CC1(C)O[C@@H](COc2ccc(/C=C/C(=O)O)cc2)[C@H](COc2ccc(/C=C/C(=O)O)cc2)O1. The van der Waals surface area contributed by atoms with E-state index in [4.69, 9.17) is 29.2 Å². The summed E-state index contributed by atoms with van der Waals surface area (Å²) in [6.07, 6.45) is 4.45. The van der Waals surface area contributed by atoms with Crippen LogP contribution in [-0.2, 0) is 19.1 Å². The lowest BCUT2D eigenvalue weighted by atomic mass is 10.2. The van der Waals surface area contributed by atoms with Gasteiger partial charge in [0.1, 0.15) is 36.9 Å². The highest BCUT2D eigenvalue weighted by atomic mass is 16.8. The quantitative estimate of drug-likeness (QED) is 0.521. The molecule has 8 nitrogen and oxygen atoms in total. The normalized spacial score (nSPS) is 19.7. The zero-order chi connectivity index (χ0) is 23.8. The lowest BCUT2D eigenvalue weighted by Crippen LogP contribution is -2.33. The average molecular weight is 454 g/mol. The number of carbonyl (C=O) groups is 2. The maximum Gasteiger partial charge on any atom is 0.328 e. The third-order valence-corrected chi connectivity index (χ3v) is 4.71. The summed E-state index contributed by atoms with van der Waals surface area (Å²) in [5.74, 6) is -1.54. The second-order valence-corrected chi connectivity index (χ2v) is 7.82. The summed E-state index contributed by atoms with van der Waals surface area (Å²) in [7, 11) is 0.